The van der Waals surface area contributed by atoms with Gasteiger partial charge in [0.1, 0.15) is 5.69 Å². The lowest BCUT2D eigenvalue weighted by Crippen LogP contribution is -2.07. The van der Waals surface area contributed by atoms with E-state index in [-0.39, 0.29) is 17.9 Å². The van der Waals surface area contributed by atoms with E-state index in [0.717, 1.165) is 6.07 Å². The van der Waals surface area contributed by atoms with Crippen molar-refractivity contribution in [1.29, 1.82) is 0 Å². The summed E-state index contributed by atoms with van der Waals surface area (Å²) in [5.41, 5.74) is 4.14. The summed E-state index contributed by atoms with van der Waals surface area (Å²) in [7, 11) is 0. The van der Waals surface area contributed by atoms with E-state index in [2.05, 4.69) is 4.98 Å². The first-order chi connectivity index (χ1) is 6.97. The summed E-state index contributed by atoms with van der Waals surface area (Å²) >= 11 is 0. The van der Waals surface area contributed by atoms with E-state index >= 15 is 0 Å². The molecule has 0 radical (unpaired) electrons. The van der Waals surface area contributed by atoms with E-state index in [9.17, 15) is 18.9 Å². The Morgan fingerprint density at radius 3 is 2.67 bits per heavy atom. The van der Waals surface area contributed by atoms with Crippen molar-refractivity contribution in [2.24, 2.45) is 5.73 Å². The monoisotopic (exact) mass is 217 g/mol. The van der Waals surface area contributed by atoms with Crippen molar-refractivity contribution in [3.63, 3.8) is 0 Å². The number of aryl methyl sites for hydroxylation is 1. The third kappa shape index (κ3) is 2.24. The molecule has 1 aromatic heterocycles. The second-order valence-electron chi connectivity index (χ2n) is 2.90. The lowest BCUT2D eigenvalue weighted by atomic mass is 10.1. The highest BCUT2D eigenvalue weighted by Gasteiger charge is 2.25. The highest BCUT2D eigenvalue weighted by atomic mass is 19.3. The van der Waals surface area contributed by atoms with Gasteiger partial charge in [0.25, 0.3) is 12.1 Å². The van der Waals surface area contributed by atoms with E-state index < -0.39 is 22.6 Å². The Balaban J connectivity index is 3.42. The minimum atomic E-state index is -2.91. The molecule has 0 atom stereocenters. The Morgan fingerprint density at radius 2 is 2.27 bits per heavy atom. The first-order valence-corrected chi connectivity index (χ1v) is 4.10. The number of rotatable bonds is 3. The highest BCUT2D eigenvalue weighted by Crippen LogP contribution is 2.31. The van der Waals surface area contributed by atoms with Crippen molar-refractivity contribution in [2.75, 3.05) is 0 Å². The minimum Gasteiger partial charge on any atom is -0.325 e. The van der Waals surface area contributed by atoms with Crippen LogP contribution < -0.4 is 5.73 Å². The van der Waals surface area contributed by atoms with Crippen LogP contribution in [0.2, 0.25) is 0 Å². The summed E-state index contributed by atoms with van der Waals surface area (Å²) in [6.07, 6.45) is -2.91. The maximum Gasteiger partial charge on any atom is 0.299 e. The Kier molecular flexibility index (Phi) is 3.25. The molecule has 0 fully saturated rings. The third-order valence-electron chi connectivity index (χ3n) is 1.88. The standard InChI is InChI=1S/C8H9F2N3O2/c1-4-7(13(14)15)6(8(9)10)2-5(3-11)12-4/h2,8H,3,11H2,1H3. The largest absolute Gasteiger partial charge is 0.325 e. The molecule has 0 aliphatic heterocycles. The van der Waals surface area contributed by atoms with E-state index in [1.807, 2.05) is 0 Å². The molecule has 5 nitrogen and oxygen atoms in total. The summed E-state index contributed by atoms with van der Waals surface area (Å²) in [6, 6.07) is 0.968. The number of aromatic nitrogens is 1. The van der Waals surface area contributed by atoms with Crippen LogP contribution in [0, 0.1) is 17.0 Å². The van der Waals surface area contributed by atoms with Crippen LogP contribution in [0.1, 0.15) is 23.4 Å². The normalized spacial score (nSPS) is 10.7. The lowest BCUT2D eigenvalue weighted by molar-refractivity contribution is -0.387. The Labute approximate surface area is 84.1 Å². The average molecular weight is 217 g/mol. The predicted octanol–water partition coefficient (Wildman–Crippen LogP) is 1.69. The molecule has 0 saturated heterocycles. The zero-order valence-electron chi connectivity index (χ0n) is 7.91. The van der Waals surface area contributed by atoms with Crippen molar-refractivity contribution >= 4 is 5.69 Å². The molecule has 82 valence electrons. The lowest BCUT2D eigenvalue weighted by Gasteiger charge is -2.06. The predicted molar refractivity (Wildman–Crippen MR) is 48.5 cm³/mol. The van der Waals surface area contributed by atoms with Gasteiger partial charge in [-0.1, -0.05) is 0 Å². The highest BCUT2D eigenvalue weighted by molar-refractivity contribution is 5.45. The molecular formula is C8H9F2N3O2. The van der Waals surface area contributed by atoms with Gasteiger partial charge in [0.2, 0.25) is 0 Å². The van der Waals surface area contributed by atoms with Crippen LogP contribution in [0.3, 0.4) is 0 Å². The second-order valence-corrected chi connectivity index (χ2v) is 2.90. The van der Waals surface area contributed by atoms with Crippen molar-refractivity contribution < 1.29 is 13.7 Å². The van der Waals surface area contributed by atoms with Gasteiger partial charge in [-0.3, -0.25) is 10.1 Å². The molecule has 1 heterocycles. The Morgan fingerprint density at radius 1 is 1.67 bits per heavy atom. The first kappa shape index (κ1) is 11.4. The van der Waals surface area contributed by atoms with Gasteiger partial charge in [-0.25, -0.2) is 13.8 Å². The van der Waals surface area contributed by atoms with Gasteiger partial charge in [0.15, 0.2) is 0 Å². The maximum atomic E-state index is 12.5. The van der Waals surface area contributed by atoms with Crippen molar-refractivity contribution in [2.45, 2.75) is 19.9 Å². The summed E-state index contributed by atoms with van der Waals surface area (Å²) in [4.78, 5) is 13.4. The molecule has 0 amide bonds. The fourth-order valence-electron chi connectivity index (χ4n) is 1.27. The van der Waals surface area contributed by atoms with Crippen molar-refractivity contribution in [1.82, 2.24) is 4.98 Å². The molecule has 0 aliphatic carbocycles. The quantitative estimate of drug-likeness (QED) is 0.617. The molecule has 2 N–H and O–H groups in total. The topological polar surface area (TPSA) is 82.0 Å². The number of nitrogens with two attached hydrogens (primary N) is 1. The van der Waals surface area contributed by atoms with Crippen LogP contribution in [-0.4, -0.2) is 9.91 Å². The summed E-state index contributed by atoms with van der Waals surface area (Å²) in [5.74, 6) is 0. The number of nitrogens with zero attached hydrogens (tertiary/aromatic N) is 2. The van der Waals surface area contributed by atoms with E-state index in [0.29, 0.717) is 0 Å². The maximum absolute atomic E-state index is 12.5. The van der Waals surface area contributed by atoms with Gasteiger partial charge in [0, 0.05) is 6.54 Å². The van der Waals surface area contributed by atoms with Crippen LogP contribution in [0.25, 0.3) is 0 Å². The molecule has 0 aliphatic rings. The van der Waals surface area contributed by atoms with Crippen LogP contribution in [0.5, 0.6) is 0 Å². The zero-order valence-corrected chi connectivity index (χ0v) is 7.91. The number of halogens is 2. The van der Waals surface area contributed by atoms with E-state index in [1.165, 1.54) is 6.92 Å². The van der Waals surface area contributed by atoms with Crippen molar-refractivity contribution in [3.05, 3.63) is 33.1 Å². The van der Waals surface area contributed by atoms with Crippen molar-refractivity contribution in [3.8, 4) is 0 Å². The molecule has 1 rings (SSSR count). The average Bonchev–Trinajstić information content (AvgIpc) is 2.15. The molecule has 0 saturated carbocycles. The van der Waals surface area contributed by atoms with Crippen LogP contribution in [0.4, 0.5) is 14.5 Å². The van der Waals surface area contributed by atoms with E-state index in [1.54, 1.807) is 0 Å². The first-order valence-electron chi connectivity index (χ1n) is 4.10. The molecule has 15 heavy (non-hydrogen) atoms. The number of pyridine rings is 1. The summed E-state index contributed by atoms with van der Waals surface area (Å²) in [6.45, 7) is 1.28. The van der Waals surface area contributed by atoms with Gasteiger partial charge < -0.3 is 5.73 Å². The van der Waals surface area contributed by atoms with Gasteiger partial charge in [-0.15, -0.1) is 0 Å². The second kappa shape index (κ2) is 4.26. The Hall–Kier alpha value is -1.63. The number of nitro groups is 1. The zero-order chi connectivity index (χ0) is 11.6. The van der Waals surface area contributed by atoms with Crippen LogP contribution >= 0.6 is 0 Å². The molecule has 1 aromatic rings. The SMILES string of the molecule is Cc1nc(CN)cc(C(F)F)c1[N+](=O)[O-]. The van der Waals surface area contributed by atoms with E-state index in [4.69, 9.17) is 5.73 Å². The van der Waals surface area contributed by atoms with Crippen LogP contribution in [-0.2, 0) is 6.54 Å². The van der Waals surface area contributed by atoms with Gasteiger partial charge in [0.05, 0.1) is 16.2 Å². The molecular weight excluding hydrogens is 208 g/mol. The molecule has 0 spiro atoms. The van der Waals surface area contributed by atoms with Gasteiger partial charge >= 0.3 is 0 Å². The number of hydrogen-bond donors (Lipinski definition) is 1. The Bertz CT molecular complexity index is 396. The van der Waals surface area contributed by atoms with Gasteiger partial charge in [-0.2, -0.15) is 0 Å². The molecule has 0 aromatic carbocycles. The molecule has 0 bridgehead atoms. The minimum absolute atomic E-state index is 0.0292. The fourth-order valence-corrected chi connectivity index (χ4v) is 1.27. The number of alkyl halides is 2. The third-order valence-corrected chi connectivity index (χ3v) is 1.88. The fraction of sp³-hybridized carbons (Fsp3) is 0.375. The smallest absolute Gasteiger partial charge is 0.299 e. The number of hydrogen-bond acceptors (Lipinski definition) is 4. The van der Waals surface area contributed by atoms with Crippen LogP contribution in [0.15, 0.2) is 6.07 Å². The molecule has 7 heteroatoms. The molecule has 0 unspecified atom stereocenters. The summed E-state index contributed by atoms with van der Waals surface area (Å²) in [5, 5.41) is 10.5. The summed E-state index contributed by atoms with van der Waals surface area (Å²) < 4.78 is 25.0. The van der Waals surface area contributed by atoms with Gasteiger partial charge in [-0.05, 0) is 13.0 Å².